The van der Waals surface area contributed by atoms with Crippen LogP contribution < -0.4 is 20.7 Å². The van der Waals surface area contributed by atoms with Gasteiger partial charge < -0.3 is 4.74 Å². The summed E-state index contributed by atoms with van der Waals surface area (Å²) < 4.78 is 31.4. The number of nitrogens with two attached hydrogens (primary N) is 1. The van der Waals surface area contributed by atoms with Crippen molar-refractivity contribution in [2.45, 2.75) is 24.8 Å². The molecule has 0 aliphatic carbocycles. The van der Waals surface area contributed by atoms with Gasteiger partial charge in [0.05, 0.1) is 9.92 Å². The Balaban J connectivity index is 2.90. The Bertz CT molecular complexity index is 589. The SMILES string of the molecule is CC(C)NS(=O)(=O)c1ccc(OCC(=O)NN)c(Cl)c1. The van der Waals surface area contributed by atoms with Crippen LogP contribution in [0.3, 0.4) is 0 Å². The maximum absolute atomic E-state index is 11.9. The first-order valence-electron chi connectivity index (χ1n) is 5.70. The van der Waals surface area contributed by atoms with Crippen LogP contribution in [0.4, 0.5) is 0 Å². The van der Waals surface area contributed by atoms with Crippen molar-refractivity contribution in [3.05, 3.63) is 23.2 Å². The highest BCUT2D eigenvalue weighted by Gasteiger charge is 2.17. The number of carbonyl (C=O) groups is 1. The molecule has 0 aromatic heterocycles. The molecule has 0 atom stereocenters. The second kappa shape index (κ2) is 6.89. The van der Waals surface area contributed by atoms with Crippen molar-refractivity contribution >= 4 is 27.5 Å². The molecule has 0 fully saturated rings. The third-order valence-electron chi connectivity index (χ3n) is 2.12. The topological polar surface area (TPSA) is 111 Å². The van der Waals surface area contributed by atoms with Crippen molar-refractivity contribution in [2.24, 2.45) is 5.84 Å². The van der Waals surface area contributed by atoms with Crippen molar-refractivity contribution in [2.75, 3.05) is 6.61 Å². The van der Waals surface area contributed by atoms with Gasteiger partial charge in [-0.1, -0.05) is 11.6 Å². The normalized spacial score (nSPS) is 11.4. The van der Waals surface area contributed by atoms with E-state index in [4.69, 9.17) is 22.2 Å². The molecular formula is C11H16ClN3O4S. The molecule has 7 nitrogen and oxygen atoms in total. The molecule has 0 saturated carbocycles. The number of hydrogen-bond acceptors (Lipinski definition) is 5. The Hall–Kier alpha value is -1.35. The van der Waals surface area contributed by atoms with Crippen molar-refractivity contribution in [1.82, 2.24) is 10.1 Å². The van der Waals surface area contributed by atoms with E-state index in [2.05, 4.69) is 4.72 Å². The molecule has 0 aliphatic heterocycles. The van der Waals surface area contributed by atoms with Crippen molar-refractivity contribution in [3.8, 4) is 5.75 Å². The summed E-state index contributed by atoms with van der Waals surface area (Å²) in [5.41, 5.74) is 1.90. The maximum atomic E-state index is 11.9. The van der Waals surface area contributed by atoms with Gasteiger partial charge in [0.25, 0.3) is 5.91 Å². The van der Waals surface area contributed by atoms with Crippen LogP contribution in [0.15, 0.2) is 23.1 Å². The van der Waals surface area contributed by atoms with Gasteiger partial charge in [-0.3, -0.25) is 10.2 Å². The van der Waals surface area contributed by atoms with Crippen molar-refractivity contribution in [1.29, 1.82) is 0 Å². The average Bonchev–Trinajstić information content (AvgIpc) is 2.35. The first-order chi connectivity index (χ1) is 9.26. The first-order valence-corrected chi connectivity index (χ1v) is 7.56. The number of hydrogen-bond donors (Lipinski definition) is 3. The summed E-state index contributed by atoms with van der Waals surface area (Å²) in [6.45, 7) is 3.11. The molecule has 0 radical (unpaired) electrons. The summed E-state index contributed by atoms with van der Waals surface area (Å²) >= 11 is 5.92. The highest BCUT2D eigenvalue weighted by atomic mass is 35.5. The van der Waals surface area contributed by atoms with Gasteiger partial charge in [0, 0.05) is 6.04 Å². The lowest BCUT2D eigenvalue weighted by atomic mass is 10.3. The molecule has 1 rings (SSSR count). The summed E-state index contributed by atoms with van der Waals surface area (Å²) in [6.07, 6.45) is 0. The summed E-state index contributed by atoms with van der Waals surface area (Å²) in [5, 5.41) is 0.0847. The second-order valence-corrected chi connectivity index (χ2v) is 6.35. The highest BCUT2D eigenvalue weighted by molar-refractivity contribution is 7.89. The Labute approximate surface area is 122 Å². The molecule has 1 amide bonds. The van der Waals surface area contributed by atoms with Crippen LogP contribution in [0.5, 0.6) is 5.75 Å². The van der Waals surface area contributed by atoms with Crippen molar-refractivity contribution in [3.63, 3.8) is 0 Å². The number of ether oxygens (including phenoxy) is 1. The minimum atomic E-state index is -3.62. The number of hydrazine groups is 1. The Morgan fingerprint density at radius 3 is 2.60 bits per heavy atom. The van der Waals surface area contributed by atoms with Gasteiger partial charge in [-0.2, -0.15) is 0 Å². The average molecular weight is 322 g/mol. The fourth-order valence-electron chi connectivity index (χ4n) is 1.33. The highest BCUT2D eigenvalue weighted by Crippen LogP contribution is 2.27. The molecule has 0 heterocycles. The summed E-state index contributed by atoms with van der Waals surface area (Å²) in [7, 11) is -3.62. The number of sulfonamides is 1. The number of amides is 1. The molecule has 0 aliphatic rings. The minimum absolute atomic E-state index is 0.0202. The van der Waals surface area contributed by atoms with E-state index >= 15 is 0 Å². The molecule has 0 unspecified atom stereocenters. The monoisotopic (exact) mass is 321 g/mol. The fourth-order valence-corrected chi connectivity index (χ4v) is 2.91. The molecule has 4 N–H and O–H groups in total. The molecule has 1 aromatic rings. The van der Waals surface area contributed by atoms with Crippen molar-refractivity contribution < 1.29 is 17.9 Å². The molecule has 20 heavy (non-hydrogen) atoms. The van der Waals surface area contributed by atoms with E-state index < -0.39 is 15.9 Å². The number of rotatable bonds is 6. The van der Waals surface area contributed by atoms with Crippen LogP contribution in [-0.2, 0) is 14.8 Å². The van der Waals surface area contributed by atoms with Crippen LogP contribution >= 0.6 is 11.6 Å². The quantitative estimate of drug-likeness (QED) is 0.399. The van der Waals surface area contributed by atoms with E-state index in [1.807, 2.05) is 5.43 Å². The summed E-state index contributed by atoms with van der Waals surface area (Å²) in [5.74, 6) is 4.57. The molecular weight excluding hydrogens is 306 g/mol. The van der Waals surface area contributed by atoms with E-state index in [1.165, 1.54) is 18.2 Å². The minimum Gasteiger partial charge on any atom is -0.482 e. The summed E-state index contributed by atoms with van der Waals surface area (Å²) in [4.78, 5) is 11.0. The Morgan fingerprint density at radius 2 is 2.10 bits per heavy atom. The van der Waals surface area contributed by atoms with E-state index in [-0.39, 0.29) is 28.3 Å². The van der Waals surface area contributed by atoms with Gasteiger partial charge in [0.15, 0.2) is 6.61 Å². The molecule has 9 heteroatoms. The predicted molar refractivity (Wildman–Crippen MR) is 74.7 cm³/mol. The van der Waals surface area contributed by atoms with Gasteiger partial charge in [0.1, 0.15) is 5.75 Å². The van der Waals surface area contributed by atoms with Crippen LogP contribution in [0.1, 0.15) is 13.8 Å². The Kier molecular flexibility index (Phi) is 5.75. The molecule has 112 valence electrons. The number of halogens is 1. The van der Waals surface area contributed by atoms with Gasteiger partial charge in [-0.05, 0) is 32.0 Å². The number of benzene rings is 1. The van der Waals surface area contributed by atoms with E-state index in [1.54, 1.807) is 13.8 Å². The predicted octanol–water partition coefficient (Wildman–Crippen LogP) is 0.395. The lowest BCUT2D eigenvalue weighted by molar-refractivity contribution is -0.123. The molecule has 0 spiro atoms. The Morgan fingerprint density at radius 1 is 1.45 bits per heavy atom. The third-order valence-corrected chi connectivity index (χ3v) is 4.08. The smallest absolute Gasteiger partial charge is 0.271 e. The first kappa shape index (κ1) is 16.7. The third kappa shape index (κ3) is 4.64. The standard InChI is InChI=1S/C11H16ClN3O4S/c1-7(2)15-20(17,18)8-3-4-10(9(12)5-8)19-6-11(16)14-13/h3-5,7,15H,6,13H2,1-2H3,(H,14,16). The zero-order chi connectivity index (χ0) is 15.3. The fraction of sp³-hybridized carbons (Fsp3) is 0.364. The van der Waals surface area contributed by atoms with E-state index in [0.29, 0.717) is 0 Å². The second-order valence-electron chi connectivity index (χ2n) is 4.22. The molecule has 0 bridgehead atoms. The molecule has 1 aromatic carbocycles. The van der Waals surface area contributed by atoms with E-state index in [0.717, 1.165) is 0 Å². The lowest BCUT2D eigenvalue weighted by Gasteiger charge is -2.11. The largest absolute Gasteiger partial charge is 0.482 e. The number of carbonyl (C=O) groups excluding carboxylic acids is 1. The van der Waals surface area contributed by atoms with Gasteiger partial charge >= 0.3 is 0 Å². The molecule has 0 saturated heterocycles. The van der Waals surface area contributed by atoms with Crippen LogP contribution in [0.25, 0.3) is 0 Å². The zero-order valence-electron chi connectivity index (χ0n) is 11.0. The van der Waals surface area contributed by atoms with Gasteiger partial charge in [-0.15, -0.1) is 0 Å². The van der Waals surface area contributed by atoms with Gasteiger partial charge in [0.2, 0.25) is 10.0 Å². The van der Waals surface area contributed by atoms with Crippen LogP contribution in [0.2, 0.25) is 5.02 Å². The van der Waals surface area contributed by atoms with Crippen LogP contribution in [-0.4, -0.2) is 27.0 Å². The number of nitrogens with one attached hydrogen (secondary N) is 2. The maximum Gasteiger partial charge on any atom is 0.271 e. The summed E-state index contributed by atoms with van der Waals surface area (Å²) in [6, 6.07) is 3.73. The zero-order valence-corrected chi connectivity index (χ0v) is 12.6. The lowest BCUT2D eigenvalue weighted by Crippen LogP contribution is -2.34. The van der Waals surface area contributed by atoms with Crippen LogP contribution in [0, 0.1) is 0 Å². The van der Waals surface area contributed by atoms with E-state index in [9.17, 15) is 13.2 Å². The van der Waals surface area contributed by atoms with Gasteiger partial charge in [-0.25, -0.2) is 19.0 Å².